The number of hydrogen-bond donors (Lipinski definition) is 2. The smallest absolute Gasteiger partial charge is 0.389 e. The molecule has 10 heteroatoms. The highest BCUT2D eigenvalue weighted by Gasteiger charge is 2.31. The summed E-state index contributed by atoms with van der Waals surface area (Å²) in [5, 5.41) is 2.84. The van der Waals surface area contributed by atoms with Crippen LogP contribution >= 0.6 is 0 Å². The highest BCUT2D eigenvalue weighted by atomic mass is 32.2. The molecule has 0 aliphatic carbocycles. The van der Waals surface area contributed by atoms with Crippen LogP contribution in [-0.2, 0) is 14.8 Å². The van der Waals surface area contributed by atoms with Crippen LogP contribution in [0.15, 0.2) is 120 Å². The van der Waals surface area contributed by atoms with Crippen LogP contribution in [0, 0.1) is 0 Å². The maximum atomic E-state index is 13.5. The Morgan fingerprint density at radius 3 is 1.73 bits per heavy atom. The van der Waals surface area contributed by atoms with Crippen molar-refractivity contribution in [3.8, 4) is 11.5 Å². The first kappa shape index (κ1) is 29.8. The van der Waals surface area contributed by atoms with Crippen LogP contribution in [0.4, 0.5) is 13.2 Å². The first-order valence-electron chi connectivity index (χ1n) is 12.9. The lowest BCUT2D eigenvalue weighted by Crippen LogP contribution is -2.47. The molecule has 4 aromatic rings. The molecular weight excluding hydrogens is 553 g/mol. The van der Waals surface area contributed by atoms with Gasteiger partial charge >= 0.3 is 6.18 Å². The van der Waals surface area contributed by atoms with Crippen molar-refractivity contribution in [3.63, 3.8) is 0 Å². The molecule has 0 radical (unpaired) electrons. The van der Waals surface area contributed by atoms with Crippen LogP contribution in [-0.4, -0.2) is 26.5 Å². The van der Waals surface area contributed by atoms with Crippen LogP contribution in [0.5, 0.6) is 11.5 Å². The highest BCUT2D eigenvalue weighted by Crippen LogP contribution is 2.26. The molecule has 0 saturated heterocycles. The number of benzene rings is 4. The first-order valence-corrected chi connectivity index (χ1v) is 14.4. The average molecular weight is 583 g/mol. The minimum absolute atomic E-state index is 0.158. The molecule has 2 N–H and O–H groups in total. The second-order valence-electron chi connectivity index (χ2n) is 9.33. The Kier molecular flexibility index (Phi) is 9.80. The minimum atomic E-state index is -4.44. The molecule has 1 amide bonds. The largest absolute Gasteiger partial charge is 0.457 e. The van der Waals surface area contributed by atoms with Gasteiger partial charge in [-0.05, 0) is 60.4 Å². The number of carbonyl (C=O) groups is 1. The molecule has 0 heterocycles. The Bertz CT molecular complexity index is 1460. The van der Waals surface area contributed by atoms with Gasteiger partial charge in [0, 0.05) is 6.42 Å². The van der Waals surface area contributed by atoms with Gasteiger partial charge in [0.05, 0.1) is 10.9 Å². The van der Waals surface area contributed by atoms with Crippen molar-refractivity contribution >= 4 is 15.9 Å². The maximum Gasteiger partial charge on any atom is 0.389 e. The van der Waals surface area contributed by atoms with E-state index in [9.17, 15) is 26.4 Å². The van der Waals surface area contributed by atoms with Crippen molar-refractivity contribution in [1.82, 2.24) is 10.0 Å². The SMILES string of the molecule is O=C(NC(c1ccccc1)c1ccccc1)C(CCCC(F)(F)F)NS(=O)(=O)c1ccc(Oc2ccccc2)cc1. The number of carbonyl (C=O) groups excluding carboxylic acids is 1. The maximum absolute atomic E-state index is 13.5. The fourth-order valence-electron chi connectivity index (χ4n) is 4.21. The van der Waals surface area contributed by atoms with Gasteiger partial charge in [0.1, 0.15) is 17.5 Å². The van der Waals surface area contributed by atoms with Crippen molar-refractivity contribution < 1.29 is 31.1 Å². The molecule has 1 atom stereocenters. The Labute approximate surface area is 237 Å². The van der Waals surface area contributed by atoms with Gasteiger partial charge in [0.2, 0.25) is 15.9 Å². The van der Waals surface area contributed by atoms with Crippen LogP contribution in [0.3, 0.4) is 0 Å². The molecular formula is C31H29F3N2O4S. The van der Waals surface area contributed by atoms with Crippen LogP contribution in [0.1, 0.15) is 36.4 Å². The lowest BCUT2D eigenvalue weighted by molar-refractivity contribution is -0.137. The number of amides is 1. The molecule has 0 bridgehead atoms. The van der Waals surface area contributed by atoms with E-state index in [-0.39, 0.29) is 11.3 Å². The number of ether oxygens (including phenoxy) is 1. The van der Waals surface area contributed by atoms with Gasteiger partial charge in [0.15, 0.2) is 0 Å². The molecule has 0 aliphatic heterocycles. The lowest BCUT2D eigenvalue weighted by atomic mass is 9.98. The standard InChI is InChI=1S/C31H29F3N2O4S/c32-31(33,34)22-10-17-28(30(37)35-29(23-11-4-1-5-12-23)24-13-6-2-7-14-24)36-41(38,39)27-20-18-26(19-21-27)40-25-15-8-3-9-16-25/h1-9,11-16,18-21,28-29,36H,10,17,22H2,(H,35,37). The summed E-state index contributed by atoms with van der Waals surface area (Å²) < 4.78 is 73.2. The van der Waals surface area contributed by atoms with Gasteiger partial charge < -0.3 is 10.1 Å². The number of alkyl halides is 3. The number of para-hydroxylation sites is 1. The molecule has 0 saturated carbocycles. The molecule has 0 aliphatic rings. The summed E-state index contributed by atoms with van der Waals surface area (Å²) >= 11 is 0. The Morgan fingerprint density at radius 2 is 1.22 bits per heavy atom. The summed E-state index contributed by atoms with van der Waals surface area (Å²) in [5.41, 5.74) is 1.47. The zero-order valence-corrected chi connectivity index (χ0v) is 22.7. The molecule has 0 aromatic heterocycles. The second-order valence-corrected chi connectivity index (χ2v) is 11.0. The molecule has 41 heavy (non-hydrogen) atoms. The summed E-state index contributed by atoms with van der Waals surface area (Å²) in [7, 11) is -4.27. The van der Waals surface area contributed by atoms with Crippen molar-refractivity contribution in [2.24, 2.45) is 0 Å². The molecule has 6 nitrogen and oxygen atoms in total. The van der Waals surface area contributed by atoms with E-state index in [1.165, 1.54) is 24.3 Å². The zero-order valence-electron chi connectivity index (χ0n) is 21.9. The molecule has 4 aromatic carbocycles. The number of sulfonamides is 1. The topological polar surface area (TPSA) is 84.5 Å². The molecule has 1 unspecified atom stereocenters. The third-order valence-corrected chi connectivity index (χ3v) is 7.72. The van der Waals surface area contributed by atoms with E-state index in [0.29, 0.717) is 11.5 Å². The van der Waals surface area contributed by atoms with Crippen LogP contribution in [0.2, 0.25) is 0 Å². The quantitative estimate of drug-likeness (QED) is 0.193. The van der Waals surface area contributed by atoms with E-state index < -0.39 is 47.0 Å². The van der Waals surface area contributed by atoms with Gasteiger partial charge in [-0.1, -0.05) is 78.9 Å². The number of rotatable bonds is 12. The summed E-state index contributed by atoms with van der Waals surface area (Å²) in [6.07, 6.45) is -6.37. The zero-order chi connectivity index (χ0) is 29.3. The third-order valence-electron chi connectivity index (χ3n) is 6.23. The van der Waals surface area contributed by atoms with Crippen LogP contribution < -0.4 is 14.8 Å². The van der Waals surface area contributed by atoms with Crippen molar-refractivity contribution in [1.29, 1.82) is 0 Å². The molecule has 0 spiro atoms. The summed E-state index contributed by atoms with van der Waals surface area (Å²) in [5.74, 6) is 0.217. The fraction of sp³-hybridized carbons (Fsp3) is 0.194. The Morgan fingerprint density at radius 1 is 0.732 bits per heavy atom. The van der Waals surface area contributed by atoms with Gasteiger partial charge in [-0.25, -0.2) is 8.42 Å². The lowest BCUT2D eigenvalue weighted by Gasteiger charge is -2.24. The normalized spacial score (nSPS) is 12.6. The predicted molar refractivity (Wildman–Crippen MR) is 150 cm³/mol. The van der Waals surface area contributed by atoms with Crippen molar-refractivity contribution in [2.75, 3.05) is 0 Å². The number of nitrogens with one attached hydrogen (secondary N) is 2. The van der Waals surface area contributed by atoms with Crippen molar-refractivity contribution in [2.45, 2.75) is 42.4 Å². The van der Waals surface area contributed by atoms with Crippen LogP contribution in [0.25, 0.3) is 0 Å². The Hall–Kier alpha value is -4.15. The summed E-state index contributed by atoms with van der Waals surface area (Å²) in [6.45, 7) is 0. The van der Waals surface area contributed by atoms with E-state index >= 15 is 0 Å². The van der Waals surface area contributed by atoms with Gasteiger partial charge in [0.25, 0.3) is 0 Å². The summed E-state index contributed by atoms with van der Waals surface area (Å²) in [6, 6.07) is 30.4. The molecule has 214 valence electrons. The predicted octanol–water partition coefficient (Wildman–Crippen LogP) is 6.76. The monoisotopic (exact) mass is 582 g/mol. The molecule has 4 rings (SSSR count). The van der Waals surface area contributed by atoms with Gasteiger partial charge in [-0.2, -0.15) is 17.9 Å². The minimum Gasteiger partial charge on any atom is -0.457 e. The highest BCUT2D eigenvalue weighted by molar-refractivity contribution is 7.89. The fourth-order valence-corrected chi connectivity index (χ4v) is 5.44. The summed E-state index contributed by atoms with van der Waals surface area (Å²) in [4.78, 5) is 13.3. The third kappa shape index (κ3) is 8.92. The van der Waals surface area contributed by atoms with E-state index in [0.717, 1.165) is 11.1 Å². The van der Waals surface area contributed by atoms with Gasteiger partial charge in [-0.15, -0.1) is 0 Å². The van der Waals surface area contributed by atoms with Gasteiger partial charge in [-0.3, -0.25) is 4.79 Å². The van der Waals surface area contributed by atoms with E-state index in [1.54, 1.807) is 72.8 Å². The second kappa shape index (κ2) is 13.5. The number of halogens is 3. The first-order chi connectivity index (χ1) is 19.6. The van der Waals surface area contributed by atoms with E-state index in [1.807, 2.05) is 18.2 Å². The number of hydrogen-bond acceptors (Lipinski definition) is 4. The van der Waals surface area contributed by atoms with E-state index in [4.69, 9.17) is 4.74 Å². The van der Waals surface area contributed by atoms with E-state index in [2.05, 4.69) is 10.0 Å². The molecule has 0 fully saturated rings. The Balaban J connectivity index is 1.55. The van der Waals surface area contributed by atoms with Crippen molar-refractivity contribution in [3.05, 3.63) is 126 Å². The average Bonchev–Trinajstić information content (AvgIpc) is 2.96.